The van der Waals surface area contributed by atoms with Gasteiger partial charge in [0.05, 0.1) is 0 Å². The smallest absolute Gasteiger partial charge is 0.222 e. The van der Waals surface area contributed by atoms with Crippen molar-refractivity contribution in [3.63, 3.8) is 0 Å². The molecule has 0 spiro atoms. The molecule has 1 atom stereocenters. The van der Waals surface area contributed by atoms with Crippen molar-refractivity contribution >= 4 is 34.2 Å². The molecule has 2 rings (SSSR count). The van der Waals surface area contributed by atoms with E-state index in [0.717, 1.165) is 36.8 Å². The second-order valence-electron chi connectivity index (χ2n) is 4.87. The Balaban J connectivity index is 0.00000180. The average molecular weight is 348 g/mol. The van der Waals surface area contributed by atoms with Crippen LogP contribution in [0.2, 0.25) is 0 Å². The molecule has 5 heteroatoms. The fourth-order valence-electron chi connectivity index (χ4n) is 2.34. The zero-order valence-corrected chi connectivity index (χ0v) is 13.3. The van der Waals surface area contributed by atoms with E-state index in [2.05, 4.69) is 28.1 Å². The molecule has 1 aromatic carbocycles. The van der Waals surface area contributed by atoms with Crippen LogP contribution in [-0.4, -0.2) is 29.9 Å². The molecule has 0 saturated carbocycles. The van der Waals surface area contributed by atoms with Gasteiger partial charge in [-0.25, -0.2) is 0 Å². The quantitative estimate of drug-likeness (QED) is 0.914. The van der Waals surface area contributed by atoms with Crippen LogP contribution in [0.25, 0.3) is 0 Å². The SMILES string of the molecule is Cl.NC1CCCN(C(=O)CCc2cccc(Br)c2)C1. The highest BCUT2D eigenvalue weighted by Crippen LogP contribution is 2.15. The summed E-state index contributed by atoms with van der Waals surface area (Å²) >= 11 is 3.44. The van der Waals surface area contributed by atoms with Crippen molar-refractivity contribution in [1.29, 1.82) is 0 Å². The zero-order chi connectivity index (χ0) is 13.0. The summed E-state index contributed by atoms with van der Waals surface area (Å²) in [6.07, 6.45) is 3.44. The van der Waals surface area contributed by atoms with E-state index in [-0.39, 0.29) is 24.4 Å². The molecule has 19 heavy (non-hydrogen) atoms. The van der Waals surface area contributed by atoms with Gasteiger partial charge in [-0.3, -0.25) is 4.79 Å². The van der Waals surface area contributed by atoms with Crippen LogP contribution in [0, 0.1) is 0 Å². The molecule has 0 aliphatic carbocycles. The van der Waals surface area contributed by atoms with Gasteiger partial charge < -0.3 is 10.6 Å². The summed E-state index contributed by atoms with van der Waals surface area (Å²) in [5.41, 5.74) is 7.08. The lowest BCUT2D eigenvalue weighted by Crippen LogP contribution is -2.45. The molecule has 2 N–H and O–H groups in total. The number of amides is 1. The minimum Gasteiger partial charge on any atom is -0.341 e. The number of likely N-dealkylation sites (tertiary alicyclic amines) is 1. The van der Waals surface area contributed by atoms with Crippen LogP contribution >= 0.6 is 28.3 Å². The maximum Gasteiger partial charge on any atom is 0.222 e. The molecule has 1 heterocycles. The predicted molar refractivity (Wildman–Crippen MR) is 83.5 cm³/mol. The summed E-state index contributed by atoms with van der Waals surface area (Å²) in [4.78, 5) is 14.0. The molecular weight excluding hydrogens is 328 g/mol. The van der Waals surface area contributed by atoms with Crippen molar-refractivity contribution in [2.75, 3.05) is 13.1 Å². The van der Waals surface area contributed by atoms with Gasteiger partial charge in [-0.1, -0.05) is 28.1 Å². The number of hydrogen-bond donors (Lipinski definition) is 1. The third-order valence-electron chi connectivity index (χ3n) is 3.33. The minimum atomic E-state index is 0. The number of benzene rings is 1. The lowest BCUT2D eigenvalue weighted by atomic mass is 10.0. The van der Waals surface area contributed by atoms with E-state index in [4.69, 9.17) is 5.73 Å². The van der Waals surface area contributed by atoms with Crippen molar-refractivity contribution in [2.45, 2.75) is 31.7 Å². The molecule has 1 fully saturated rings. The first-order valence-electron chi connectivity index (χ1n) is 6.43. The number of nitrogens with two attached hydrogens (primary N) is 1. The Morgan fingerprint density at radius 1 is 1.47 bits per heavy atom. The highest BCUT2D eigenvalue weighted by molar-refractivity contribution is 9.10. The Morgan fingerprint density at radius 3 is 2.95 bits per heavy atom. The number of hydrogen-bond acceptors (Lipinski definition) is 2. The molecule has 106 valence electrons. The molecule has 1 saturated heterocycles. The molecule has 0 aromatic heterocycles. The van der Waals surface area contributed by atoms with Gasteiger partial charge in [0.15, 0.2) is 0 Å². The number of piperidine rings is 1. The fourth-order valence-corrected chi connectivity index (χ4v) is 2.79. The molecular formula is C14H20BrClN2O. The van der Waals surface area contributed by atoms with Crippen molar-refractivity contribution in [1.82, 2.24) is 4.90 Å². The maximum absolute atomic E-state index is 12.1. The van der Waals surface area contributed by atoms with Gasteiger partial charge in [-0.15, -0.1) is 12.4 Å². The largest absolute Gasteiger partial charge is 0.341 e. The summed E-state index contributed by atoms with van der Waals surface area (Å²) in [6, 6.07) is 8.28. The molecule has 1 aliphatic heterocycles. The topological polar surface area (TPSA) is 46.3 Å². The number of rotatable bonds is 3. The normalized spacial score (nSPS) is 18.8. The van der Waals surface area contributed by atoms with Gasteiger partial charge in [0.1, 0.15) is 0 Å². The van der Waals surface area contributed by atoms with Gasteiger partial charge in [0.2, 0.25) is 5.91 Å². The lowest BCUT2D eigenvalue weighted by molar-refractivity contribution is -0.132. The third-order valence-corrected chi connectivity index (χ3v) is 3.82. The first-order chi connectivity index (χ1) is 8.65. The Hall–Kier alpha value is -0.580. The van der Waals surface area contributed by atoms with Crippen LogP contribution in [-0.2, 0) is 11.2 Å². The molecule has 1 aliphatic rings. The second-order valence-corrected chi connectivity index (χ2v) is 5.79. The summed E-state index contributed by atoms with van der Waals surface area (Å²) in [5, 5.41) is 0. The second kappa shape index (κ2) is 7.88. The van der Waals surface area contributed by atoms with Crippen molar-refractivity contribution in [2.24, 2.45) is 5.73 Å². The van der Waals surface area contributed by atoms with Crippen LogP contribution in [0.4, 0.5) is 0 Å². The maximum atomic E-state index is 12.1. The van der Waals surface area contributed by atoms with Gasteiger partial charge in [0.25, 0.3) is 0 Å². The third kappa shape index (κ3) is 5.13. The number of aryl methyl sites for hydroxylation is 1. The molecule has 3 nitrogen and oxygen atoms in total. The lowest BCUT2D eigenvalue weighted by Gasteiger charge is -2.30. The van der Waals surface area contributed by atoms with Crippen LogP contribution in [0.3, 0.4) is 0 Å². The number of carbonyl (C=O) groups is 1. The van der Waals surface area contributed by atoms with E-state index >= 15 is 0 Å². The predicted octanol–water partition coefficient (Wildman–Crippen LogP) is 2.75. The highest BCUT2D eigenvalue weighted by atomic mass is 79.9. The Kier molecular flexibility index (Phi) is 6.83. The highest BCUT2D eigenvalue weighted by Gasteiger charge is 2.20. The number of nitrogens with zero attached hydrogens (tertiary/aromatic N) is 1. The first-order valence-corrected chi connectivity index (χ1v) is 7.22. The summed E-state index contributed by atoms with van der Waals surface area (Å²) in [7, 11) is 0. The Bertz CT molecular complexity index is 428. The molecule has 0 bridgehead atoms. The molecule has 1 amide bonds. The van der Waals surface area contributed by atoms with E-state index in [9.17, 15) is 4.79 Å². The fraction of sp³-hybridized carbons (Fsp3) is 0.500. The van der Waals surface area contributed by atoms with E-state index in [0.29, 0.717) is 6.42 Å². The van der Waals surface area contributed by atoms with E-state index in [1.54, 1.807) is 0 Å². The Labute approximate surface area is 129 Å². The van der Waals surface area contributed by atoms with Gasteiger partial charge in [-0.05, 0) is 37.0 Å². The monoisotopic (exact) mass is 346 g/mol. The summed E-state index contributed by atoms with van der Waals surface area (Å²) < 4.78 is 1.06. The van der Waals surface area contributed by atoms with E-state index < -0.39 is 0 Å². The van der Waals surface area contributed by atoms with Crippen molar-refractivity contribution in [3.8, 4) is 0 Å². The first kappa shape index (κ1) is 16.5. The minimum absolute atomic E-state index is 0. The van der Waals surface area contributed by atoms with Crippen LogP contribution in [0.1, 0.15) is 24.8 Å². The molecule has 0 radical (unpaired) electrons. The van der Waals surface area contributed by atoms with Gasteiger partial charge in [-0.2, -0.15) is 0 Å². The van der Waals surface area contributed by atoms with Crippen LogP contribution < -0.4 is 5.73 Å². The van der Waals surface area contributed by atoms with Crippen molar-refractivity contribution in [3.05, 3.63) is 34.3 Å². The number of halogens is 2. The summed E-state index contributed by atoms with van der Waals surface area (Å²) in [5.74, 6) is 0.227. The standard InChI is InChI=1S/C14H19BrN2O.ClH/c15-12-4-1-3-11(9-12)6-7-14(18)17-8-2-5-13(16)10-17;/h1,3-4,9,13H,2,5-8,10,16H2;1H. The van der Waals surface area contributed by atoms with Crippen LogP contribution in [0.5, 0.6) is 0 Å². The molecule has 1 aromatic rings. The Morgan fingerprint density at radius 2 is 2.26 bits per heavy atom. The molecule has 1 unspecified atom stereocenters. The van der Waals surface area contributed by atoms with Crippen molar-refractivity contribution < 1.29 is 4.79 Å². The average Bonchev–Trinajstić information content (AvgIpc) is 2.36. The van der Waals surface area contributed by atoms with Gasteiger partial charge in [0, 0.05) is 30.0 Å². The van der Waals surface area contributed by atoms with Crippen LogP contribution in [0.15, 0.2) is 28.7 Å². The number of carbonyl (C=O) groups excluding carboxylic acids is 1. The van der Waals surface area contributed by atoms with E-state index in [1.165, 1.54) is 5.56 Å². The van der Waals surface area contributed by atoms with Gasteiger partial charge >= 0.3 is 0 Å². The summed E-state index contributed by atoms with van der Waals surface area (Å²) in [6.45, 7) is 1.59. The van der Waals surface area contributed by atoms with E-state index in [1.807, 2.05) is 17.0 Å². The zero-order valence-electron chi connectivity index (χ0n) is 10.8.